The molecule has 1 N–H and O–H groups in total. The van der Waals surface area contributed by atoms with Crippen molar-refractivity contribution in [2.45, 2.75) is 38.0 Å². The van der Waals surface area contributed by atoms with E-state index in [9.17, 15) is 9.90 Å². The number of hydrogen-bond acceptors (Lipinski definition) is 2. The molecule has 19 heavy (non-hydrogen) atoms. The molecule has 1 heterocycles. The first-order valence-electron chi connectivity index (χ1n) is 6.71. The molecule has 0 bridgehead atoms. The Kier molecular flexibility index (Phi) is 2.62. The Hall–Kier alpha value is -1.84. The maximum atomic E-state index is 11.7. The number of fused-ring (bicyclic) bond motifs is 1. The molecule has 0 amide bonds. The van der Waals surface area contributed by atoms with Crippen LogP contribution in [0.1, 0.15) is 37.1 Å². The molecule has 0 unspecified atom stereocenters. The zero-order valence-electron chi connectivity index (χ0n) is 11.3. The lowest BCUT2D eigenvalue weighted by Crippen LogP contribution is -2.32. The summed E-state index contributed by atoms with van der Waals surface area (Å²) in [6, 6.07) is 5.89. The number of carboxylic acids is 1. The number of nitrogens with zero attached hydrogens (tertiary/aromatic N) is 2. The minimum atomic E-state index is -0.691. The quantitative estimate of drug-likeness (QED) is 0.901. The number of carbonyl (C=O) groups is 1. The molecule has 0 aliphatic heterocycles. The zero-order chi connectivity index (χ0) is 13.6. The van der Waals surface area contributed by atoms with Crippen molar-refractivity contribution in [2.75, 3.05) is 0 Å². The molecule has 1 aromatic carbocycles. The summed E-state index contributed by atoms with van der Waals surface area (Å²) < 4.78 is 2.02. The monoisotopic (exact) mass is 258 g/mol. The average Bonchev–Trinajstić information content (AvgIpc) is 2.97. The fourth-order valence-electron chi connectivity index (χ4n) is 3.21. The van der Waals surface area contributed by atoms with Gasteiger partial charge in [-0.1, -0.05) is 18.9 Å². The highest BCUT2D eigenvalue weighted by Gasteiger charge is 2.43. The van der Waals surface area contributed by atoms with Gasteiger partial charge in [0.1, 0.15) is 5.82 Å². The molecular weight excluding hydrogens is 240 g/mol. The van der Waals surface area contributed by atoms with Crippen LogP contribution in [0.3, 0.4) is 0 Å². The van der Waals surface area contributed by atoms with Crippen molar-refractivity contribution in [3.05, 3.63) is 29.6 Å². The largest absolute Gasteiger partial charge is 0.481 e. The third-order valence-electron chi connectivity index (χ3n) is 4.52. The molecule has 0 radical (unpaired) electrons. The number of aromatic nitrogens is 2. The Morgan fingerprint density at radius 1 is 1.37 bits per heavy atom. The minimum absolute atomic E-state index is 0.688. The zero-order valence-corrected chi connectivity index (χ0v) is 11.3. The molecule has 0 spiro atoms. The van der Waals surface area contributed by atoms with E-state index in [1.54, 1.807) is 0 Å². The van der Waals surface area contributed by atoms with Crippen molar-refractivity contribution in [3.8, 4) is 0 Å². The molecule has 1 aliphatic rings. The molecule has 0 atom stereocenters. The maximum absolute atomic E-state index is 11.7. The van der Waals surface area contributed by atoms with Crippen LogP contribution in [0.15, 0.2) is 18.2 Å². The molecule has 1 aromatic heterocycles. The normalized spacial score (nSPS) is 18.0. The SMILES string of the molecule is Cc1nc2ccc(C3(C(=O)O)CCCC3)cc2n1C. The average molecular weight is 258 g/mol. The standard InChI is InChI=1S/C15H18N2O2/c1-10-16-12-6-5-11(9-13(12)17(10)2)15(14(18)19)7-3-4-8-15/h5-6,9H,3-4,7-8H2,1-2H3,(H,18,19). The van der Waals surface area contributed by atoms with Gasteiger partial charge < -0.3 is 9.67 Å². The number of imidazole rings is 1. The maximum Gasteiger partial charge on any atom is 0.314 e. The predicted molar refractivity (Wildman–Crippen MR) is 73.2 cm³/mol. The number of carboxylic acid groups (broad SMARTS) is 1. The van der Waals surface area contributed by atoms with Gasteiger partial charge in [-0.25, -0.2) is 4.98 Å². The highest BCUT2D eigenvalue weighted by molar-refractivity contribution is 5.85. The second kappa shape index (κ2) is 4.08. The lowest BCUT2D eigenvalue weighted by atomic mass is 9.79. The summed E-state index contributed by atoms with van der Waals surface area (Å²) in [5.41, 5.74) is 2.18. The Labute approximate surface area is 112 Å². The first-order valence-corrected chi connectivity index (χ1v) is 6.71. The van der Waals surface area contributed by atoms with Gasteiger partial charge in [0, 0.05) is 7.05 Å². The van der Waals surface area contributed by atoms with E-state index in [2.05, 4.69) is 4.98 Å². The number of hydrogen-bond donors (Lipinski definition) is 1. The lowest BCUT2D eigenvalue weighted by molar-refractivity contribution is -0.143. The fourth-order valence-corrected chi connectivity index (χ4v) is 3.21. The summed E-state index contributed by atoms with van der Waals surface area (Å²) in [4.78, 5) is 16.2. The van der Waals surface area contributed by atoms with E-state index in [0.29, 0.717) is 0 Å². The van der Waals surface area contributed by atoms with E-state index >= 15 is 0 Å². The van der Waals surface area contributed by atoms with E-state index in [1.807, 2.05) is 36.7 Å². The van der Waals surface area contributed by atoms with Crippen molar-refractivity contribution >= 4 is 17.0 Å². The number of benzene rings is 1. The Balaban J connectivity index is 2.19. The summed E-state index contributed by atoms with van der Waals surface area (Å²) in [6.07, 6.45) is 3.47. The molecule has 1 aliphatic carbocycles. The van der Waals surface area contributed by atoms with Gasteiger partial charge in [0.15, 0.2) is 0 Å². The fraction of sp³-hybridized carbons (Fsp3) is 0.467. The number of aryl methyl sites for hydroxylation is 2. The van der Waals surface area contributed by atoms with Crippen molar-refractivity contribution in [3.63, 3.8) is 0 Å². The first-order chi connectivity index (χ1) is 9.04. The Morgan fingerprint density at radius 2 is 2.05 bits per heavy atom. The van der Waals surface area contributed by atoms with Crippen molar-refractivity contribution < 1.29 is 9.90 Å². The third-order valence-corrected chi connectivity index (χ3v) is 4.52. The Morgan fingerprint density at radius 3 is 2.68 bits per heavy atom. The van der Waals surface area contributed by atoms with Gasteiger partial charge in [-0.05, 0) is 37.5 Å². The van der Waals surface area contributed by atoms with E-state index in [0.717, 1.165) is 48.1 Å². The topological polar surface area (TPSA) is 55.1 Å². The summed E-state index contributed by atoms with van der Waals surface area (Å²) >= 11 is 0. The van der Waals surface area contributed by atoms with E-state index in [-0.39, 0.29) is 0 Å². The van der Waals surface area contributed by atoms with E-state index in [1.165, 1.54) is 0 Å². The number of rotatable bonds is 2. The van der Waals surface area contributed by atoms with Gasteiger partial charge in [-0.3, -0.25) is 4.79 Å². The van der Waals surface area contributed by atoms with Gasteiger partial charge in [-0.2, -0.15) is 0 Å². The van der Waals surface area contributed by atoms with Crippen LogP contribution in [-0.4, -0.2) is 20.6 Å². The van der Waals surface area contributed by atoms with Crippen LogP contribution < -0.4 is 0 Å². The van der Waals surface area contributed by atoms with Crippen LogP contribution in [0.25, 0.3) is 11.0 Å². The summed E-state index contributed by atoms with van der Waals surface area (Å²) in [5.74, 6) is 0.256. The molecule has 0 saturated heterocycles. The van der Waals surface area contributed by atoms with Crippen molar-refractivity contribution in [2.24, 2.45) is 7.05 Å². The molecular formula is C15H18N2O2. The molecule has 3 rings (SSSR count). The van der Waals surface area contributed by atoms with Crippen LogP contribution in [0, 0.1) is 6.92 Å². The summed E-state index contributed by atoms with van der Waals surface area (Å²) in [6.45, 7) is 1.96. The second-order valence-electron chi connectivity index (χ2n) is 5.52. The molecule has 2 aromatic rings. The van der Waals surface area contributed by atoms with Crippen LogP contribution in [0.2, 0.25) is 0 Å². The molecule has 100 valence electrons. The lowest BCUT2D eigenvalue weighted by Gasteiger charge is -2.24. The van der Waals surface area contributed by atoms with Gasteiger partial charge in [0.2, 0.25) is 0 Å². The second-order valence-corrected chi connectivity index (χ2v) is 5.52. The van der Waals surface area contributed by atoms with Crippen molar-refractivity contribution in [1.82, 2.24) is 9.55 Å². The van der Waals surface area contributed by atoms with Gasteiger partial charge in [-0.15, -0.1) is 0 Å². The highest BCUT2D eigenvalue weighted by atomic mass is 16.4. The molecule has 1 fully saturated rings. The number of aliphatic carboxylic acids is 1. The molecule has 4 nitrogen and oxygen atoms in total. The van der Waals surface area contributed by atoms with Crippen LogP contribution in [-0.2, 0) is 17.3 Å². The molecule has 4 heteroatoms. The predicted octanol–water partition coefficient (Wildman–Crippen LogP) is 2.78. The Bertz CT molecular complexity index is 651. The van der Waals surface area contributed by atoms with Gasteiger partial charge >= 0.3 is 5.97 Å². The summed E-state index contributed by atoms with van der Waals surface area (Å²) in [7, 11) is 1.97. The highest BCUT2D eigenvalue weighted by Crippen LogP contribution is 2.42. The van der Waals surface area contributed by atoms with E-state index in [4.69, 9.17) is 0 Å². The first kappa shape index (κ1) is 12.2. The van der Waals surface area contributed by atoms with Crippen LogP contribution in [0.4, 0.5) is 0 Å². The smallest absolute Gasteiger partial charge is 0.314 e. The van der Waals surface area contributed by atoms with Crippen molar-refractivity contribution in [1.29, 1.82) is 0 Å². The summed E-state index contributed by atoms with van der Waals surface area (Å²) in [5, 5.41) is 9.64. The van der Waals surface area contributed by atoms with E-state index < -0.39 is 11.4 Å². The van der Waals surface area contributed by atoms with Crippen LogP contribution in [0.5, 0.6) is 0 Å². The van der Waals surface area contributed by atoms with Gasteiger partial charge in [0.25, 0.3) is 0 Å². The van der Waals surface area contributed by atoms with Gasteiger partial charge in [0.05, 0.1) is 16.4 Å². The molecule has 1 saturated carbocycles. The minimum Gasteiger partial charge on any atom is -0.481 e. The van der Waals surface area contributed by atoms with Crippen LogP contribution >= 0.6 is 0 Å². The third kappa shape index (κ3) is 1.66.